The first-order valence-electron chi connectivity index (χ1n) is 3.55. The van der Waals surface area contributed by atoms with Crippen LogP contribution in [0.2, 0.25) is 0 Å². The van der Waals surface area contributed by atoms with Gasteiger partial charge in [0.1, 0.15) is 0 Å². The lowest BCUT2D eigenvalue weighted by atomic mass is 9.88. The maximum absolute atomic E-state index is 5.26. The van der Waals surface area contributed by atoms with Crippen LogP contribution in [0.15, 0.2) is 0 Å². The molecule has 2 nitrogen and oxygen atoms in total. The zero-order valence-electron chi connectivity index (χ0n) is 6.24. The van der Waals surface area contributed by atoms with E-state index in [2.05, 4.69) is 19.2 Å². The van der Waals surface area contributed by atoms with Crippen LogP contribution in [0.3, 0.4) is 0 Å². The molecule has 0 spiro atoms. The summed E-state index contributed by atoms with van der Waals surface area (Å²) in [6, 6.07) is 0. The van der Waals surface area contributed by atoms with E-state index < -0.39 is 0 Å². The smallest absolute Gasteiger partial charge is 0.0965 e. The summed E-state index contributed by atoms with van der Waals surface area (Å²) in [5.41, 5.74) is 0.387. The second-order valence-corrected chi connectivity index (χ2v) is 3.08. The van der Waals surface area contributed by atoms with Crippen molar-refractivity contribution in [3.63, 3.8) is 0 Å². The fourth-order valence-corrected chi connectivity index (χ4v) is 1.00. The van der Waals surface area contributed by atoms with Crippen LogP contribution in [0.25, 0.3) is 0 Å². The largest absolute Gasteiger partial charge is 0.366 e. The quantitative estimate of drug-likeness (QED) is 0.570. The fraction of sp³-hybridized carbons (Fsp3) is 1.00. The van der Waals surface area contributed by atoms with E-state index in [1.165, 1.54) is 6.42 Å². The van der Waals surface area contributed by atoms with Gasteiger partial charge in [0.05, 0.1) is 13.3 Å². The first-order chi connectivity index (χ1) is 4.27. The van der Waals surface area contributed by atoms with E-state index in [1.807, 2.05) is 0 Å². The van der Waals surface area contributed by atoms with Crippen molar-refractivity contribution in [3.8, 4) is 0 Å². The van der Waals surface area contributed by atoms with Crippen molar-refractivity contribution in [1.82, 2.24) is 5.32 Å². The molecule has 0 aromatic rings. The number of ether oxygens (including phenoxy) is 1. The summed E-state index contributed by atoms with van der Waals surface area (Å²) < 4.78 is 5.26. The lowest BCUT2D eigenvalue weighted by molar-refractivity contribution is -0.00383. The van der Waals surface area contributed by atoms with E-state index in [9.17, 15) is 0 Å². The molecule has 1 unspecified atom stereocenters. The maximum atomic E-state index is 5.26. The van der Waals surface area contributed by atoms with Gasteiger partial charge in [-0.05, 0) is 6.42 Å². The van der Waals surface area contributed by atoms with Crippen molar-refractivity contribution in [2.45, 2.75) is 20.3 Å². The molecule has 1 aliphatic heterocycles. The minimum absolute atomic E-state index is 0.387. The maximum Gasteiger partial charge on any atom is 0.0965 e. The summed E-state index contributed by atoms with van der Waals surface area (Å²) in [4.78, 5) is 0. The Morgan fingerprint density at radius 3 is 2.78 bits per heavy atom. The molecule has 0 saturated carbocycles. The zero-order chi connectivity index (χ0) is 6.74. The van der Waals surface area contributed by atoms with Crippen LogP contribution in [0.5, 0.6) is 0 Å². The summed E-state index contributed by atoms with van der Waals surface area (Å²) >= 11 is 0. The molecule has 2 heteroatoms. The second-order valence-electron chi connectivity index (χ2n) is 3.08. The molecule has 0 aromatic carbocycles. The zero-order valence-corrected chi connectivity index (χ0v) is 6.24. The van der Waals surface area contributed by atoms with Crippen molar-refractivity contribution in [2.75, 3.05) is 19.9 Å². The Labute approximate surface area is 56.6 Å². The third-order valence-electron chi connectivity index (χ3n) is 2.06. The minimum atomic E-state index is 0.387. The van der Waals surface area contributed by atoms with Gasteiger partial charge in [0.2, 0.25) is 0 Å². The Morgan fingerprint density at radius 2 is 2.44 bits per heavy atom. The Kier molecular flexibility index (Phi) is 2.09. The van der Waals surface area contributed by atoms with Gasteiger partial charge in [-0.2, -0.15) is 0 Å². The summed E-state index contributed by atoms with van der Waals surface area (Å²) in [5, 5.41) is 3.20. The lowest BCUT2D eigenvalue weighted by Gasteiger charge is -2.32. The van der Waals surface area contributed by atoms with E-state index >= 15 is 0 Å². The van der Waals surface area contributed by atoms with E-state index in [0.29, 0.717) is 5.41 Å². The molecule has 1 saturated heterocycles. The molecule has 1 N–H and O–H groups in total. The minimum Gasteiger partial charge on any atom is -0.366 e. The van der Waals surface area contributed by atoms with Crippen molar-refractivity contribution in [3.05, 3.63) is 0 Å². The average molecular weight is 129 g/mol. The predicted molar refractivity (Wildman–Crippen MR) is 37.2 cm³/mol. The van der Waals surface area contributed by atoms with Gasteiger partial charge in [0, 0.05) is 12.0 Å². The molecule has 0 aliphatic carbocycles. The van der Waals surface area contributed by atoms with E-state index in [0.717, 1.165) is 19.9 Å². The highest BCUT2D eigenvalue weighted by molar-refractivity contribution is 4.76. The van der Waals surface area contributed by atoms with Gasteiger partial charge in [-0.1, -0.05) is 13.8 Å². The number of rotatable bonds is 1. The molecular weight excluding hydrogens is 114 g/mol. The molecule has 0 radical (unpaired) electrons. The van der Waals surface area contributed by atoms with Crippen LogP contribution in [-0.2, 0) is 4.74 Å². The summed E-state index contributed by atoms with van der Waals surface area (Å²) in [7, 11) is 0. The normalized spacial score (nSPS) is 36.7. The third-order valence-corrected chi connectivity index (χ3v) is 2.06. The Morgan fingerprint density at radius 1 is 1.67 bits per heavy atom. The summed E-state index contributed by atoms with van der Waals surface area (Å²) in [5.74, 6) is 0. The number of nitrogens with one attached hydrogen (secondary N) is 1. The lowest BCUT2D eigenvalue weighted by Crippen LogP contribution is -2.42. The van der Waals surface area contributed by atoms with Crippen molar-refractivity contribution in [1.29, 1.82) is 0 Å². The van der Waals surface area contributed by atoms with Gasteiger partial charge in [0.15, 0.2) is 0 Å². The Hall–Kier alpha value is -0.0800. The van der Waals surface area contributed by atoms with Gasteiger partial charge in [-0.25, -0.2) is 0 Å². The molecule has 1 rings (SSSR count). The van der Waals surface area contributed by atoms with Gasteiger partial charge >= 0.3 is 0 Å². The van der Waals surface area contributed by atoms with Crippen molar-refractivity contribution in [2.24, 2.45) is 5.41 Å². The van der Waals surface area contributed by atoms with Gasteiger partial charge in [0.25, 0.3) is 0 Å². The van der Waals surface area contributed by atoms with Crippen molar-refractivity contribution >= 4 is 0 Å². The molecule has 0 bridgehead atoms. The van der Waals surface area contributed by atoms with Gasteiger partial charge < -0.3 is 4.74 Å². The molecule has 1 atom stereocenters. The molecule has 1 heterocycles. The second kappa shape index (κ2) is 2.67. The number of hydrogen-bond acceptors (Lipinski definition) is 2. The van der Waals surface area contributed by atoms with E-state index in [1.54, 1.807) is 0 Å². The topological polar surface area (TPSA) is 21.3 Å². The van der Waals surface area contributed by atoms with E-state index in [-0.39, 0.29) is 0 Å². The SMILES string of the molecule is CCC1(C)CNCOC1. The average Bonchev–Trinajstić information content (AvgIpc) is 1.90. The van der Waals surface area contributed by atoms with Gasteiger partial charge in [-0.15, -0.1) is 0 Å². The number of hydrogen-bond donors (Lipinski definition) is 1. The van der Waals surface area contributed by atoms with Crippen LogP contribution in [-0.4, -0.2) is 19.9 Å². The Balaban J connectivity index is 2.37. The monoisotopic (exact) mass is 129 g/mol. The molecule has 9 heavy (non-hydrogen) atoms. The summed E-state index contributed by atoms with van der Waals surface area (Å²) in [6.45, 7) is 7.20. The predicted octanol–water partition coefficient (Wildman–Crippen LogP) is 0.980. The molecule has 0 amide bonds. The first kappa shape index (κ1) is 7.03. The van der Waals surface area contributed by atoms with E-state index in [4.69, 9.17) is 4.74 Å². The molecule has 1 aliphatic rings. The standard InChI is InChI=1S/C7H15NO/c1-3-7(2)4-8-6-9-5-7/h8H,3-6H2,1-2H3. The molecular formula is C7H15NO. The highest BCUT2D eigenvalue weighted by Crippen LogP contribution is 2.21. The molecule has 0 aromatic heterocycles. The highest BCUT2D eigenvalue weighted by atomic mass is 16.5. The van der Waals surface area contributed by atoms with Gasteiger partial charge in [-0.3, -0.25) is 5.32 Å². The molecule has 1 fully saturated rings. The van der Waals surface area contributed by atoms with Crippen LogP contribution >= 0.6 is 0 Å². The Bertz CT molecular complexity index is 86.9. The first-order valence-corrected chi connectivity index (χ1v) is 3.55. The van der Waals surface area contributed by atoms with Crippen molar-refractivity contribution < 1.29 is 4.74 Å². The van der Waals surface area contributed by atoms with Crippen LogP contribution in [0.4, 0.5) is 0 Å². The van der Waals surface area contributed by atoms with Crippen LogP contribution in [0, 0.1) is 5.41 Å². The van der Waals surface area contributed by atoms with Crippen LogP contribution < -0.4 is 5.32 Å². The molecule has 54 valence electrons. The fourth-order valence-electron chi connectivity index (χ4n) is 1.00. The third kappa shape index (κ3) is 1.66. The van der Waals surface area contributed by atoms with Crippen LogP contribution in [0.1, 0.15) is 20.3 Å². The summed E-state index contributed by atoms with van der Waals surface area (Å²) in [6.07, 6.45) is 1.19. The highest BCUT2D eigenvalue weighted by Gasteiger charge is 2.24.